The third-order valence-electron chi connectivity index (χ3n) is 4.60. The molecule has 1 aliphatic heterocycles. The van der Waals surface area contributed by atoms with Gasteiger partial charge in [-0.3, -0.25) is 9.88 Å². The molecule has 3 rings (SSSR count). The number of benzene rings is 1. The molecular weight excluding hydrogens is 309 g/mol. The zero-order chi connectivity index (χ0) is 17.1. The van der Waals surface area contributed by atoms with Gasteiger partial charge in [-0.25, -0.2) is 9.18 Å². The Kier molecular flexibility index (Phi) is 4.76. The largest absolute Gasteiger partial charge is 0.478 e. The lowest BCUT2D eigenvalue weighted by atomic mass is 10.1. The number of hydrogen-bond acceptors (Lipinski definition) is 4. The van der Waals surface area contributed by atoms with Crippen LogP contribution in [0, 0.1) is 5.82 Å². The van der Waals surface area contributed by atoms with E-state index < -0.39 is 11.8 Å². The predicted octanol–water partition coefficient (Wildman–Crippen LogP) is 2.80. The molecule has 1 N–H and O–H groups in total. The van der Waals surface area contributed by atoms with Crippen LogP contribution in [0.1, 0.15) is 28.9 Å². The van der Waals surface area contributed by atoms with E-state index in [1.165, 1.54) is 17.7 Å². The van der Waals surface area contributed by atoms with Gasteiger partial charge in [0.15, 0.2) is 0 Å². The maximum absolute atomic E-state index is 13.5. The minimum atomic E-state index is -1.24. The highest BCUT2D eigenvalue weighted by Crippen LogP contribution is 2.24. The second-order valence-electron chi connectivity index (χ2n) is 5.95. The van der Waals surface area contributed by atoms with E-state index >= 15 is 0 Å². The highest BCUT2D eigenvalue weighted by molar-refractivity contribution is 5.89. The molecule has 2 heterocycles. The smallest absolute Gasteiger partial charge is 0.338 e. The second-order valence-corrected chi connectivity index (χ2v) is 5.95. The first-order valence-corrected chi connectivity index (χ1v) is 7.98. The van der Waals surface area contributed by atoms with E-state index in [0.29, 0.717) is 6.04 Å². The van der Waals surface area contributed by atoms with E-state index in [1.54, 1.807) is 18.5 Å². The predicted molar refractivity (Wildman–Crippen MR) is 89.8 cm³/mol. The Morgan fingerprint density at radius 1 is 1.17 bits per heavy atom. The number of hydrogen-bond donors (Lipinski definition) is 1. The summed E-state index contributed by atoms with van der Waals surface area (Å²) >= 11 is 0. The van der Waals surface area contributed by atoms with E-state index in [4.69, 9.17) is 5.11 Å². The van der Waals surface area contributed by atoms with Crippen LogP contribution in [0.3, 0.4) is 0 Å². The molecule has 1 unspecified atom stereocenters. The van der Waals surface area contributed by atoms with Gasteiger partial charge in [0.05, 0.1) is 5.56 Å². The number of piperazine rings is 1. The molecule has 1 saturated heterocycles. The molecule has 0 amide bonds. The average molecular weight is 329 g/mol. The van der Waals surface area contributed by atoms with Gasteiger partial charge in [0.1, 0.15) is 5.82 Å². The Labute approximate surface area is 140 Å². The monoisotopic (exact) mass is 329 g/mol. The molecule has 0 saturated carbocycles. The van der Waals surface area contributed by atoms with E-state index in [2.05, 4.69) is 21.7 Å². The lowest BCUT2D eigenvalue weighted by Gasteiger charge is -2.39. The molecule has 24 heavy (non-hydrogen) atoms. The zero-order valence-electron chi connectivity index (χ0n) is 13.5. The van der Waals surface area contributed by atoms with Crippen molar-refractivity contribution in [2.24, 2.45) is 0 Å². The highest BCUT2D eigenvalue weighted by Gasteiger charge is 2.23. The fourth-order valence-electron chi connectivity index (χ4n) is 3.09. The number of rotatable bonds is 4. The quantitative estimate of drug-likeness (QED) is 0.935. The Morgan fingerprint density at radius 2 is 1.83 bits per heavy atom. The number of aromatic nitrogens is 1. The lowest BCUT2D eigenvalue weighted by Crippen LogP contribution is -2.47. The number of carboxylic acids is 1. The van der Waals surface area contributed by atoms with Gasteiger partial charge >= 0.3 is 5.97 Å². The Hall–Kier alpha value is -2.47. The fraction of sp³-hybridized carbons (Fsp3) is 0.333. The normalized spacial score (nSPS) is 16.8. The maximum Gasteiger partial charge on any atom is 0.338 e. The first-order valence-electron chi connectivity index (χ1n) is 7.98. The molecule has 1 atom stereocenters. The molecule has 2 aromatic rings. The van der Waals surface area contributed by atoms with Gasteiger partial charge in [-0.2, -0.15) is 0 Å². The van der Waals surface area contributed by atoms with Crippen molar-refractivity contribution in [1.29, 1.82) is 0 Å². The Bertz CT molecular complexity index is 715. The van der Waals surface area contributed by atoms with Crippen molar-refractivity contribution in [3.05, 3.63) is 59.7 Å². The van der Waals surface area contributed by atoms with Gasteiger partial charge in [0.25, 0.3) is 0 Å². The van der Waals surface area contributed by atoms with Crippen molar-refractivity contribution in [3.63, 3.8) is 0 Å². The van der Waals surface area contributed by atoms with Crippen LogP contribution in [-0.2, 0) is 0 Å². The SMILES string of the molecule is CC(c1ccncc1)N1CCN(c2ccc(F)c(C(=O)O)c2)CC1. The van der Waals surface area contributed by atoms with E-state index in [9.17, 15) is 9.18 Å². The van der Waals surface area contributed by atoms with Gasteiger partial charge in [0.2, 0.25) is 0 Å². The molecule has 1 fully saturated rings. The average Bonchev–Trinajstić information content (AvgIpc) is 2.62. The summed E-state index contributed by atoms with van der Waals surface area (Å²) in [5, 5.41) is 9.06. The molecule has 1 aromatic heterocycles. The molecule has 126 valence electrons. The van der Waals surface area contributed by atoms with Gasteiger partial charge in [-0.05, 0) is 42.8 Å². The molecule has 0 spiro atoms. The van der Waals surface area contributed by atoms with Crippen LogP contribution in [0.4, 0.5) is 10.1 Å². The van der Waals surface area contributed by atoms with Crippen LogP contribution < -0.4 is 4.90 Å². The topological polar surface area (TPSA) is 56.7 Å². The van der Waals surface area contributed by atoms with Crippen LogP contribution in [0.2, 0.25) is 0 Å². The van der Waals surface area contributed by atoms with Gasteiger partial charge < -0.3 is 10.0 Å². The van der Waals surface area contributed by atoms with E-state index in [0.717, 1.165) is 31.9 Å². The summed E-state index contributed by atoms with van der Waals surface area (Å²) in [5.74, 6) is -1.93. The summed E-state index contributed by atoms with van der Waals surface area (Å²) < 4.78 is 13.5. The van der Waals surface area contributed by atoms with Gasteiger partial charge in [-0.15, -0.1) is 0 Å². The molecule has 1 aromatic carbocycles. The summed E-state index contributed by atoms with van der Waals surface area (Å²) in [5.41, 5.74) is 1.71. The first-order chi connectivity index (χ1) is 11.6. The molecular formula is C18H20FN3O2. The highest BCUT2D eigenvalue weighted by atomic mass is 19.1. The van der Waals surface area contributed by atoms with Gasteiger partial charge in [0, 0.05) is 50.3 Å². The van der Waals surface area contributed by atoms with E-state index in [1.807, 2.05) is 12.1 Å². The summed E-state index contributed by atoms with van der Waals surface area (Å²) in [6, 6.07) is 8.64. The molecule has 0 aliphatic carbocycles. The number of halogens is 1. The van der Waals surface area contributed by atoms with Crippen LogP contribution in [-0.4, -0.2) is 47.1 Å². The zero-order valence-corrected chi connectivity index (χ0v) is 13.5. The minimum absolute atomic E-state index is 0.278. The molecule has 5 nitrogen and oxygen atoms in total. The third kappa shape index (κ3) is 3.38. The van der Waals surface area contributed by atoms with Gasteiger partial charge in [-0.1, -0.05) is 0 Å². The van der Waals surface area contributed by atoms with Crippen molar-refractivity contribution in [1.82, 2.24) is 9.88 Å². The molecule has 1 aliphatic rings. The third-order valence-corrected chi connectivity index (χ3v) is 4.60. The standard InChI is InChI=1S/C18H20FN3O2/c1-13(14-4-6-20-7-5-14)21-8-10-22(11-9-21)15-2-3-17(19)16(12-15)18(23)24/h2-7,12-13H,8-11H2,1H3,(H,23,24). The first kappa shape index (κ1) is 16.4. The second kappa shape index (κ2) is 6.97. The van der Waals surface area contributed by atoms with Crippen molar-refractivity contribution in [2.75, 3.05) is 31.1 Å². The van der Waals surface area contributed by atoms with Crippen molar-refractivity contribution in [2.45, 2.75) is 13.0 Å². The summed E-state index contributed by atoms with van der Waals surface area (Å²) in [4.78, 5) is 19.6. The van der Waals surface area contributed by atoms with Crippen molar-refractivity contribution >= 4 is 11.7 Å². The summed E-state index contributed by atoms with van der Waals surface area (Å²) in [7, 11) is 0. The Morgan fingerprint density at radius 3 is 2.46 bits per heavy atom. The van der Waals surface area contributed by atoms with Crippen LogP contribution >= 0.6 is 0 Å². The lowest BCUT2D eigenvalue weighted by molar-refractivity contribution is 0.0692. The maximum atomic E-state index is 13.5. The number of anilines is 1. The fourth-order valence-corrected chi connectivity index (χ4v) is 3.09. The summed E-state index contributed by atoms with van der Waals surface area (Å²) in [6.07, 6.45) is 3.60. The molecule has 6 heteroatoms. The number of carboxylic acid groups (broad SMARTS) is 1. The van der Waals surface area contributed by atoms with Crippen LogP contribution in [0.5, 0.6) is 0 Å². The number of carbonyl (C=O) groups is 1. The van der Waals surface area contributed by atoms with Crippen molar-refractivity contribution in [3.8, 4) is 0 Å². The van der Waals surface area contributed by atoms with Crippen LogP contribution in [0.25, 0.3) is 0 Å². The Balaban J connectivity index is 1.67. The van der Waals surface area contributed by atoms with E-state index in [-0.39, 0.29) is 5.56 Å². The minimum Gasteiger partial charge on any atom is -0.478 e. The summed E-state index contributed by atoms with van der Waals surface area (Å²) in [6.45, 7) is 5.46. The van der Waals surface area contributed by atoms with Crippen LogP contribution in [0.15, 0.2) is 42.7 Å². The molecule has 0 radical (unpaired) electrons. The number of aromatic carboxylic acids is 1. The molecule has 0 bridgehead atoms. The number of nitrogens with zero attached hydrogens (tertiary/aromatic N) is 3. The van der Waals surface area contributed by atoms with Crippen molar-refractivity contribution < 1.29 is 14.3 Å². The number of pyridine rings is 1.